The molecular formula is C22H21FN2O5S. The number of halogens is 1. The number of benzene rings is 2. The number of aromatic nitrogens is 1. The maximum absolute atomic E-state index is 12.9. The second-order valence-corrected chi connectivity index (χ2v) is 8.14. The van der Waals surface area contributed by atoms with E-state index < -0.39 is 5.60 Å². The Hall–Kier alpha value is -3.33. The van der Waals surface area contributed by atoms with Crippen LogP contribution in [0.5, 0.6) is 23.0 Å². The highest BCUT2D eigenvalue weighted by molar-refractivity contribution is 7.13. The fraction of sp³-hybridized carbons (Fsp3) is 0.273. The fourth-order valence-electron chi connectivity index (χ4n) is 2.81. The number of nitrogens with one attached hydrogen (secondary N) is 1. The van der Waals surface area contributed by atoms with Crippen LogP contribution in [0.1, 0.15) is 19.5 Å². The first-order valence-electron chi connectivity index (χ1n) is 9.62. The highest BCUT2D eigenvalue weighted by Crippen LogP contribution is 2.36. The highest BCUT2D eigenvalue weighted by Gasteiger charge is 2.31. The third-order valence-electron chi connectivity index (χ3n) is 4.48. The Morgan fingerprint density at radius 1 is 1.16 bits per heavy atom. The van der Waals surface area contributed by atoms with Crippen LogP contribution in [-0.2, 0) is 11.2 Å². The van der Waals surface area contributed by atoms with Gasteiger partial charge in [0, 0.05) is 17.9 Å². The topological polar surface area (TPSA) is 78.9 Å². The molecule has 0 bridgehead atoms. The average Bonchev–Trinajstić information content (AvgIpc) is 3.38. The lowest BCUT2D eigenvalue weighted by Gasteiger charge is -2.24. The summed E-state index contributed by atoms with van der Waals surface area (Å²) in [5, 5.41) is 5.13. The molecule has 2 heterocycles. The number of carbonyl (C=O) groups is 1. The number of thiazole rings is 1. The Kier molecular flexibility index (Phi) is 5.94. The van der Waals surface area contributed by atoms with Gasteiger partial charge in [-0.2, -0.15) is 0 Å². The molecule has 31 heavy (non-hydrogen) atoms. The van der Waals surface area contributed by atoms with Gasteiger partial charge in [0.05, 0.1) is 12.3 Å². The number of hydrogen-bond acceptors (Lipinski definition) is 7. The number of amides is 1. The van der Waals surface area contributed by atoms with E-state index in [4.69, 9.17) is 18.9 Å². The zero-order valence-electron chi connectivity index (χ0n) is 17.0. The fourth-order valence-corrected chi connectivity index (χ4v) is 3.55. The molecule has 0 saturated carbocycles. The van der Waals surface area contributed by atoms with Gasteiger partial charge in [-0.05, 0) is 50.2 Å². The van der Waals surface area contributed by atoms with Crippen LogP contribution >= 0.6 is 11.3 Å². The largest absolute Gasteiger partial charge is 0.493 e. The number of anilines is 1. The molecule has 7 nitrogen and oxygen atoms in total. The monoisotopic (exact) mass is 444 g/mol. The van der Waals surface area contributed by atoms with E-state index in [2.05, 4.69) is 10.3 Å². The van der Waals surface area contributed by atoms with Crippen molar-refractivity contribution in [2.24, 2.45) is 0 Å². The van der Waals surface area contributed by atoms with Gasteiger partial charge in [-0.1, -0.05) is 0 Å². The molecule has 162 valence electrons. The molecular weight excluding hydrogens is 423 g/mol. The Morgan fingerprint density at radius 2 is 1.90 bits per heavy atom. The van der Waals surface area contributed by atoms with Gasteiger partial charge in [-0.25, -0.2) is 9.37 Å². The molecule has 3 aromatic rings. The maximum atomic E-state index is 12.9. The first kappa shape index (κ1) is 20.9. The SMILES string of the molecule is CC(C)(Oc1ccc2c(c1)OCO2)C(=O)Nc1nc(CCOc2ccc(F)cc2)cs1. The standard InChI is InChI=1S/C22H21FN2O5S/c1-22(2,30-17-7-8-18-19(11-17)29-13-28-18)20(26)25-21-24-15(12-31-21)9-10-27-16-5-3-14(23)4-6-16/h3-8,11-12H,9-10,13H2,1-2H3,(H,24,25,26). The summed E-state index contributed by atoms with van der Waals surface area (Å²) >= 11 is 1.32. The molecule has 1 aromatic heterocycles. The number of carbonyl (C=O) groups excluding carboxylic acids is 1. The quantitative estimate of drug-likeness (QED) is 0.554. The second-order valence-electron chi connectivity index (χ2n) is 7.28. The van der Waals surface area contributed by atoms with Crippen molar-refractivity contribution < 1.29 is 28.1 Å². The van der Waals surface area contributed by atoms with Crippen molar-refractivity contribution in [3.8, 4) is 23.0 Å². The molecule has 0 fully saturated rings. The van der Waals surface area contributed by atoms with E-state index in [0.717, 1.165) is 5.69 Å². The van der Waals surface area contributed by atoms with Gasteiger partial charge in [0.25, 0.3) is 5.91 Å². The Labute approximate surface area is 182 Å². The molecule has 1 aliphatic heterocycles. The summed E-state index contributed by atoms with van der Waals surface area (Å²) < 4.78 is 35.0. The van der Waals surface area contributed by atoms with Crippen LogP contribution in [0.25, 0.3) is 0 Å². The zero-order valence-corrected chi connectivity index (χ0v) is 17.8. The van der Waals surface area contributed by atoms with Gasteiger partial charge in [-0.3, -0.25) is 10.1 Å². The number of ether oxygens (including phenoxy) is 4. The molecule has 0 unspecified atom stereocenters. The first-order valence-corrected chi connectivity index (χ1v) is 10.5. The van der Waals surface area contributed by atoms with E-state index in [0.29, 0.717) is 41.2 Å². The number of fused-ring (bicyclic) bond motifs is 1. The van der Waals surface area contributed by atoms with Crippen molar-refractivity contribution >= 4 is 22.4 Å². The van der Waals surface area contributed by atoms with E-state index in [1.807, 2.05) is 5.38 Å². The lowest BCUT2D eigenvalue weighted by molar-refractivity contribution is -0.128. The van der Waals surface area contributed by atoms with Crippen molar-refractivity contribution in [2.45, 2.75) is 25.9 Å². The summed E-state index contributed by atoms with van der Waals surface area (Å²) in [6, 6.07) is 11.0. The van der Waals surface area contributed by atoms with Crippen LogP contribution in [0, 0.1) is 5.82 Å². The van der Waals surface area contributed by atoms with Gasteiger partial charge in [0.1, 0.15) is 17.3 Å². The summed E-state index contributed by atoms with van der Waals surface area (Å²) in [6.07, 6.45) is 0.556. The van der Waals surface area contributed by atoms with Gasteiger partial charge in [-0.15, -0.1) is 11.3 Å². The Morgan fingerprint density at radius 3 is 2.71 bits per heavy atom. The van der Waals surface area contributed by atoms with Crippen molar-refractivity contribution in [2.75, 3.05) is 18.7 Å². The van der Waals surface area contributed by atoms with Crippen molar-refractivity contribution in [1.29, 1.82) is 0 Å². The average molecular weight is 444 g/mol. The van der Waals surface area contributed by atoms with Crippen molar-refractivity contribution in [1.82, 2.24) is 4.98 Å². The molecule has 2 aromatic carbocycles. The maximum Gasteiger partial charge on any atom is 0.269 e. The molecule has 1 amide bonds. The van der Waals surface area contributed by atoms with Crippen LogP contribution < -0.4 is 24.3 Å². The Balaban J connectivity index is 1.29. The molecule has 4 rings (SSSR count). The normalized spacial score (nSPS) is 12.5. The molecule has 0 aliphatic carbocycles. The Bertz CT molecular complexity index is 1070. The van der Waals surface area contributed by atoms with Gasteiger partial charge in [0.15, 0.2) is 22.2 Å². The van der Waals surface area contributed by atoms with E-state index >= 15 is 0 Å². The summed E-state index contributed by atoms with van der Waals surface area (Å²) in [5.74, 6) is 1.69. The molecule has 1 N–H and O–H groups in total. The second kappa shape index (κ2) is 8.81. The summed E-state index contributed by atoms with van der Waals surface area (Å²) in [6.45, 7) is 3.92. The molecule has 0 atom stereocenters. The van der Waals surface area contributed by atoms with Crippen LogP contribution in [-0.4, -0.2) is 29.9 Å². The minimum absolute atomic E-state index is 0.171. The predicted molar refractivity (Wildman–Crippen MR) is 114 cm³/mol. The number of nitrogens with zero attached hydrogens (tertiary/aromatic N) is 1. The first-order chi connectivity index (χ1) is 14.9. The summed E-state index contributed by atoms with van der Waals surface area (Å²) in [5.41, 5.74) is -0.345. The third kappa shape index (κ3) is 5.24. The molecule has 1 aliphatic rings. The van der Waals surface area contributed by atoms with Crippen LogP contribution in [0.15, 0.2) is 47.8 Å². The van der Waals surface area contributed by atoms with E-state index in [9.17, 15) is 9.18 Å². The number of rotatable bonds is 8. The molecule has 0 spiro atoms. The van der Waals surface area contributed by atoms with Gasteiger partial charge < -0.3 is 18.9 Å². The lowest BCUT2D eigenvalue weighted by atomic mass is 10.1. The molecule has 9 heteroatoms. The summed E-state index contributed by atoms with van der Waals surface area (Å²) in [4.78, 5) is 17.1. The molecule has 0 saturated heterocycles. The van der Waals surface area contributed by atoms with Crippen molar-refractivity contribution in [3.05, 3.63) is 59.4 Å². The van der Waals surface area contributed by atoms with Gasteiger partial charge in [0.2, 0.25) is 6.79 Å². The van der Waals surface area contributed by atoms with Crippen molar-refractivity contribution in [3.63, 3.8) is 0 Å². The zero-order chi connectivity index (χ0) is 21.8. The smallest absolute Gasteiger partial charge is 0.269 e. The minimum atomic E-state index is -1.13. The van der Waals surface area contributed by atoms with Crippen LogP contribution in [0.4, 0.5) is 9.52 Å². The van der Waals surface area contributed by atoms with Gasteiger partial charge >= 0.3 is 0 Å². The van der Waals surface area contributed by atoms with E-state index in [1.165, 1.54) is 23.5 Å². The van der Waals surface area contributed by atoms with E-state index in [-0.39, 0.29) is 18.5 Å². The molecule has 0 radical (unpaired) electrons. The minimum Gasteiger partial charge on any atom is -0.493 e. The van der Waals surface area contributed by atoms with E-state index in [1.54, 1.807) is 44.2 Å². The summed E-state index contributed by atoms with van der Waals surface area (Å²) in [7, 11) is 0. The van der Waals surface area contributed by atoms with Crippen LogP contribution in [0.3, 0.4) is 0 Å². The lowest BCUT2D eigenvalue weighted by Crippen LogP contribution is -2.42. The van der Waals surface area contributed by atoms with Crippen LogP contribution in [0.2, 0.25) is 0 Å². The highest BCUT2D eigenvalue weighted by atomic mass is 32.1. The predicted octanol–water partition coefficient (Wildman–Crippen LogP) is 4.43. The third-order valence-corrected chi connectivity index (χ3v) is 5.28. The number of hydrogen-bond donors (Lipinski definition) is 1.